The van der Waals surface area contributed by atoms with E-state index in [0.717, 1.165) is 6.42 Å². The van der Waals surface area contributed by atoms with Gasteiger partial charge in [0, 0.05) is 20.6 Å². The van der Waals surface area contributed by atoms with E-state index in [4.69, 9.17) is 9.84 Å². The number of carboxylic acids is 1. The molecule has 3 amide bonds. The number of rotatable bonds is 6. The zero-order valence-corrected chi connectivity index (χ0v) is 12.7. The Morgan fingerprint density at radius 2 is 1.95 bits per heavy atom. The van der Waals surface area contributed by atoms with E-state index in [2.05, 4.69) is 5.32 Å². The minimum Gasteiger partial charge on any atom is -0.481 e. The summed E-state index contributed by atoms with van der Waals surface area (Å²) in [4.78, 5) is 37.5. The Hall–Kier alpha value is -1.83. The lowest BCUT2D eigenvalue weighted by molar-refractivity contribution is -0.142. The average Bonchev–Trinajstić information content (AvgIpc) is 2.92. The third-order valence-electron chi connectivity index (χ3n) is 3.45. The van der Waals surface area contributed by atoms with E-state index in [9.17, 15) is 14.4 Å². The fourth-order valence-electron chi connectivity index (χ4n) is 2.18. The van der Waals surface area contributed by atoms with E-state index in [0.29, 0.717) is 6.54 Å². The van der Waals surface area contributed by atoms with Gasteiger partial charge in [-0.1, -0.05) is 6.92 Å². The highest BCUT2D eigenvalue weighted by molar-refractivity contribution is 5.84. The number of hydrogen-bond acceptors (Lipinski definition) is 4. The predicted octanol–water partition coefficient (Wildman–Crippen LogP) is -0.404. The summed E-state index contributed by atoms with van der Waals surface area (Å²) >= 11 is 0. The van der Waals surface area contributed by atoms with Gasteiger partial charge in [0.1, 0.15) is 12.5 Å². The van der Waals surface area contributed by atoms with Crippen molar-refractivity contribution in [3.8, 4) is 0 Å². The second kappa shape index (κ2) is 7.82. The molecule has 1 saturated heterocycles. The highest BCUT2D eigenvalue weighted by atomic mass is 16.5. The number of nitrogens with one attached hydrogen (secondary N) is 1. The van der Waals surface area contributed by atoms with Crippen LogP contribution in [0.4, 0.5) is 4.79 Å². The van der Waals surface area contributed by atoms with Gasteiger partial charge in [0.15, 0.2) is 0 Å². The first-order valence-electron chi connectivity index (χ1n) is 6.93. The number of hydrogen-bond donors (Lipinski definition) is 2. The van der Waals surface area contributed by atoms with E-state index >= 15 is 0 Å². The number of likely N-dealkylation sites (N-methyl/N-ethyl adjacent to an activating group) is 2. The third kappa shape index (κ3) is 4.59. The lowest BCUT2D eigenvalue weighted by Gasteiger charge is -2.30. The van der Waals surface area contributed by atoms with Crippen molar-refractivity contribution in [3.63, 3.8) is 0 Å². The first kappa shape index (κ1) is 17.2. The minimum absolute atomic E-state index is 0.0610. The molecule has 21 heavy (non-hydrogen) atoms. The molecular weight excluding hydrogens is 278 g/mol. The molecule has 1 aliphatic rings. The summed E-state index contributed by atoms with van der Waals surface area (Å²) in [6.07, 6.45) is 0.822. The van der Waals surface area contributed by atoms with Crippen LogP contribution in [0.2, 0.25) is 0 Å². The van der Waals surface area contributed by atoms with Gasteiger partial charge < -0.3 is 25.0 Å². The second-order valence-corrected chi connectivity index (χ2v) is 5.15. The standard InChI is InChI=1S/C13H23N3O5/c1-4-5-14-11(17)6-15(2)13(20)16(3)10-8-21-7-9(10)12(18)19/h9-10H,4-8H2,1-3H3,(H,14,17)(H,18,19). The Bertz CT molecular complexity index is 401. The van der Waals surface area contributed by atoms with Gasteiger partial charge in [-0.25, -0.2) is 4.79 Å². The lowest BCUT2D eigenvalue weighted by atomic mass is 10.0. The Balaban J connectivity index is 2.56. The van der Waals surface area contributed by atoms with Crippen LogP contribution in [0.3, 0.4) is 0 Å². The topological polar surface area (TPSA) is 99.2 Å². The van der Waals surface area contributed by atoms with E-state index in [1.54, 1.807) is 0 Å². The Labute approximate surface area is 124 Å². The van der Waals surface area contributed by atoms with Crippen LogP contribution in [0.15, 0.2) is 0 Å². The molecule has 8 nitrogen and oxygen atoms in total. The normalized spacial score (nSPS) is 20.9. The summed E-state index contributed by atoms with van der Waals surface area (Å²) in [5.74, 6) is -1.96. The van der Waals surface area contributed by atoms with Gasteiger partial charge in [0.05, 0.1) is 19.3 Å². The predicted molar refractivity (Wildman–Crippen MR) is 74.8 cm³/mol. The molecule has 120 valence electrons. The monoisotopic (exact) mass is 301 g/mol. The molecule has 8 heteroatoms. The Morgan fingerprint density at radius 1 is 1.29 bits per heavy atom. The van der Waals surface area contributed by atoms with Crippen molar-refractivity contribution in [3.05, 3.63) is 0 Å². The summed E-state index contributed by atoms with van der Waals surface area (Å²) < 4.78 is 5.14. The van der Waals surface area contributed by atoms with Crippen LogP contribution in [0.5, 0.6) is 0 Å². The highest BCUT2D eigenvalue weighted by Gasteiger charge is 2.39. The van der Waals surface area contributed by atoms with Crippen molar-refractivity contribution in [2.45, 2.75) is 19.4 Å². The number of urea groups is 1. The number of carbonyl (C=O) groups is 3. The van der Waals surface area contributed by atoms with Crippen molar-refractivity contribution < 1.29 is 24.2 Å². The number of aliphatic carboxylic acids is 1. The van der Waals surface area contributed by atoms with E-state index in [-0.39, 0.29) is 25.7 Å². The molecule has 2 unspecified atom stereocenters. The molecule has 0 aromatic heterocycles. The molecule has 1 rings (SSSR count). The molecule has 0 aliphatic carbocycles. The zero-order chi connectivity index (χ0) is 16.0. The molecule has 0 bridgehead atoms. The van der Waals surface area contributed by atoms with Gasteiger partial charge in [-0.05, 0) is 6.42 Å². The van der Waals surface area contributed by atoms with Crippen LogP contribution in [-0.4, -0.2) is 79.3 Å². The van der Waals surface area contributed by atoms with Crippen LogP contribution < -0.4 is 5.32 Å². The van der Waals surface area contributed by atoms with Crippen LogP contribution in [0.1, 0.15) is 13.3 Å². The zero-order valence-electron chi connectivity index (χ0n) is 12.7. The molecule has 0 aromatic rings. The van der Waals surface area contributed by atoms with Crippen LogP contribution in [0, 0.1) is 5.92 Å². The maximum Gasteiger partial charge on any atom is 0.320 e. The van der Waals surface area contributed by atoms with E-state index in [1.807, 2.05) is 6.92 Å². The van der Waals surface area contributed by atoms with Gasteiger partial charge in [0.25, 0.3) is 0 Å². The van der Waals surface area contributed by atoms with Gasteiger partial charge in [-0.3, -0.25) is 9.59 Å². The van der Waals surface area contributed by atoms with Gasteiger partial charge in [-0.2, -0.15) is 0 Å². The number of nitrogens with zero attached hydrogens (tertiary/aromatic N) is 2. The molecule has 0 aromatic carbocycles. The van der Waals surface area contributed by atoms with E-state index in [1.165, 1.54) is 23.9 Å². The van der Waals surface area contributed by atoms with Crippen LogP contribution in [0.25, 0.3) is 0 Å². The lowest BCUT2D eigenvalue weighted by Crippen LogP contribution is -2.50. The van der Waals surface area contributed by atoms with Gasteiger partial charge in [0.2, 0.25) is 5.91 Å². The summed E-state index contributed by atoms with van der Waals surface area (Å²) in [5.41, 5.74) is 0. The van der Waals surface area contributed by atoms with Crippen LogP contribution in [-0.2, 0) is 14.3 Å². The van der Waals surface area contributed by atoms with Crippen molar-refractivity contribution in [1.29, 1.82) is 0 Å². The maximum absolute atomic E-state index is 12.2. The smallest absolute Gasteiger partial charge is 0.320 e. The molecule has 0 spiro atoms. The van der Waals surface area contributed by atoms with Crippen LogP contribution >= 0.6 is 0 Å². The fourth-order valence-corrected chi connectivity index (χ4v) is 2.18. The second-order valence-electron chi connectivity index (χ2n) is 5.15. The van der Waals surface area contributed by atoms with Crippen molar-refractivity contribution in [2.75, 3.05) is 40.4 Å². The molecule has 1 aliphatic heterocycles. The number of amides is 3. The molecule has 2 atom stereocenters. The Morgan fingerprint density at radius 3 is 2.52 bits per heavy atom. The minimum atomic E-state index is -0.986. The molecule has 2 N–H and O–H groups in total. The molecule has 1 heterocycles. The summed E-state index contributed by atoms with van der Waals surface area (Å²) in [6.45, 7) is 2.73. The summed E-state index contributed by atoms with van der Waals surface area (Å²) in [6, 6.07) is -0.917. The summed E-state index contributed by atoms with van der Waals surface area (Å²) in [7, 11) is 3.04. The van der Waals surface area contributed by atoms with Gasteiger partial charge in [-0.15, -0.1) is 0 Å². The number of carbonyl (C=O) groups excluding carboxylic acids is 2. The highest BCUT2D eigenvalue weighted by Crippen LogP contribution is 2.19. The largest absolute Gasteiger partial charge is 0.481 e. The van der Waals surface area contributed by atoms with Crippen molar-refractivity contribution >= 4 is 17.9 Å². The maximum atomic E-state index is 12.2. The third-order valence-corrected chi connectivity index (χ3v) is 3.45. The molecule has 1 fully saturated rings. The molecule has 0 saturated carbocycles. The molecular formula is C13H23N3O5. The number of ether oxygens (including phenoxy) is 1. The average molecular weight is 301 g/mol. The quantitative estimate of drug-likeness (QED) is 0.695. The summed E-state index contributed by atoms with van der Waals surface area (Å²) in [5, 5.41) is 11.8. The first-order valence-corrected chi connectivity index (χ1v) is 6.93. The number of carboxylic acid groups (broad SMARTS) is 1. The van der Waals surface area contributed by atoms with E-state index < -0.39 is 24.0 Å². The Kier molecular flexibility index (Phi) is 6.41. The molecule has 0 radical (unpaired) electrons. The van der Waals surface area contributed by atoms with Crippen molar-refractivity contribution in [1.82, 2.24) is 15.1 Å². The SMILES string of the molecule is CCCNC(=O)CN(C)C(=O)N(C)C1COCC1C(=O)O. The van der Waals surface area contributed by atoms with Gasteiger partial charge >= 0.3 is 12.0 Å². The fraction of sp³-hybridized carbons (Fsp3) is 0.769. The first-order chi connectivity index (χ1) is 9.88. The van der Waals surface area contributed by atoms with Crippen molar-refractivity contribution in [2.24, 2.45) is 5.92 Å².